The van der Waals surface area contributed by atoms with Crippen LogP contribution in [0.4, 0.5) is 0 Å². The maximum absolute atomic E-state index is 3.67. The molecule has 2 aromatic rings. The lowest BCUT2D eigenvalue weighted by Gasteiger charge is -1.88. The molecule has 0 amide bonds. The van der Waals surface area contributed by atoms with Crippen LogP contribution in [0.1, 0.15) is 0 Å². The molecule has 0 fully saturated rings. The second-order valence-corrected chi connectivity index (χ2v) is 1.43. The topological polar surface area (TPSA) is 87.2 Å². The van der Waals surface area contributed by atoms with Crippen molar-refractivity contribution in [1.82, 2.24) is 40.6 Å². The molecule has 0 aromatic carbocycles. The van der Waals surface area contributed by atoms with E-state index in [-0.39, 0.29) is 0 Å². The SMILES string of the molecule is c1nnn(-n2cnnn2)n1. The average Bonchev–Trinajstić information content (AvgIpc) is 2.59. The van der Waals surface area contributed by atoms with E-state index in [1.165, 1.54) is 17.4 Å². The van der Waals surface area contributed by atoms with Crippen molar-refractivity contribution in [2.24, 2.45) is 0 Å². The second-order valence-electron chi connectivity index (χ2n) is 1.43. The first kappa shape index (κ1) is 4.97. The summed E-state index contributed by atoms with van der Waals surface area (Å²) in [5.41, 5.74) is 0. The quantitative estimate of drug-likeness (QED) is 0.451. The molecule has 0 saturated heterocycles. The maximum atomic E-state index is 3.67. The predicted octanol–water partition coefficient (Wildman–Crippen LogP) is -2.03. The van der Waals surface area contributed by atoms with Gasteiger partial charge in [0, 0.05) is 0 Å². The summed E-state index contributed by atoms with van der Waals surface area (Å²) in [6, 6.07) is 0. The zero-order chi connectivity index (χ0) is 6.81. The van der Waals surface area contributed by atoms with Crippen molar-refractivity contribution in [1.29, 1.82) is 0 Å². The third-order valence-electron chi connectivity index (χ3n) is 0.860. The maximum Gasteiger partial charge on any atom is 0.166 e. The molecule has 0 N–H and O–H groups in total. The fourth-order valence-corrected chi connectivity index (χ4v) is 0.494. The summed E-state index contributed by atoms with van der Waals surface area (Å²) in [4.78, 5) is 2.40. The molecule has 2 rings (SSSR count). The Hall–Kier alpha value is -1.86. The van der Waals surface area contributed by atoms with Gasteiger partial charge in [0.25, 0.3) is 0 Å². The van der Waals surface area contributed by atoms with Gasteiger partial charge in [-0.25, -0.2) is 0 Å². The van der Waals surface area contributed by atoms with Crippen molar-refractivity contribution in [3.63, 3.8) is 0 Å². The van der Waals surface area contributed by atoms with Crippen LogP contribution >= 0.6 is 0 Å². The molecule has 0 atom stereocenters. The van der Waals surface area contributed by atoms with Crippen LogP contribution in [-0.4, -0.2) is 40.6 Å². The number of hydrogen-bond acceptors (Lipinski definition) is 6. The van der Waals surface area contributed by atoms with Crippen LogP contribution in [0.25, 0.3) is 0 Å². The van der Waals surface area contributed by atoms with Crippen LogP contribution in [0.5, 0.6) is 0 Å². The first-order valence-corrected chi connectivity index (χ1v) is 2.43. The Morgan fingerprint density at radius 1 is 1.10 bits per heavy atom. The molecule has 8 nitrogen and oxygen atoms in total. The summed E-state index contributed by atoms with van der Waals surface area (Å²) in [7, 11) is 0. The Labute approximate surface area is 54.4 Å². The van der Waals surface area contributed by atoms with Gasteiger partial charge in [-0.1, -0.05) is 4.79 Å². The molecule has 0 unspecified atom stereocenters. The molecule has 2 aromatic heterocycles. The number of rotatable bonds is 1. The monoisotopic (exact) mass is 138 g/mol. The van der Waals surface area contributed by atoms with E-state index in [9.17, 15) is 0 Å². The van der Waals surface area contributed by atoms with Crippen molar-refractivity contribution in [2.45, 2.75) is 0 Å². The lowest BCUT2D eigenvalue weighted by molar-refractivity contribution is 0.420. The molecule has 0 aliphatic carbocycles. The summed E-state index contributed by atoms with van der Waals surface area (Å²) in [6.07, 6.45) is 2.66. The van der Waals surface area contributed by atoms with Gasteiger partial charge >= 0.3 is 0 Å². The van der Waals surface area contributed by atoms with Crippen molar-refractivity contribution >= 4 is 0 Å². The first-order chi connectivity index (χ1) is 4.97. The van der Waals surface area contributed by atoms with Gasteiger partial charge in [-0.05, 0) is 20.5 Å². The van der Waals surface area contributed by atoms with Gasteiger partial charge in [-0.15, -0.1) is 15.3 Å². The number of hydrogen-bond donors (Lipinski definition) is 0. The van der Waals surface area contributed by atoms with Gasteiger partial charge in [0.05, 0.1) is 0 Å². The highest BCUT2D eigenvalue weighted by atomic mass is 15.8. The normalized spacial score (nSPS) is 10.0. The lowest BCUT2D eigenvalue weighted by atomic mass is 11.4. The van der Waals surface area contributed by atoms with E-state index in [1.807, 2.05) is 0 Å². The molecule has 0 aliphatic heterocycles. The minimum atomic E-state index is 1.15. The zero-order valence-electron chi connectivity index (χ0n) is 4.73. The highest BCUT2D eigenvalue weighted by molar-refractivity contribution is 4.44. The number of aromatic nitrogens is 8. The van der Waals surface area contributed by atoms with Gasteiger partial charge in [0.15, 0.2) is 12.7 Å². The molecular formula is C2H2N8. The van der Waals surface area contributed by atoms with Gasteiger partial charge in [0.1, 0.15) is 0 Å². The van der Waals surface area contributed by atoms with Crippen LogP contribution in [0.3, 0.4) is 0 Å². The predicted molar refractivity (Wildman–Crippen MR) is 26.4 cm³/mol. The van der Waals surface area contributed by atoms with E-state index in [0.29, 0.717) is 0 Å². The summed E-state index contributed by atoms with van der Waals surface area (Å²) in [6.45, 7) is 0. The average molecular weight is 138 g/mol. The van der Waals surface area contributed by atoms with Crippen molar-refractivity contribution in [3.05, 3.63) is 12.7 Å². The standard InChI is InChI=1S/C2H2N8/c1-3-7-10(5-1)9-2-4-6-8-9/h1-2H. The van der Waals surface area contributed by atoms with E-state index in [0.717, 1.165) is 4.91 Å². The summed E-state index contributed by atoms with van der Waals surface area (Å²) >= 11 is 0. The Morgan fingerprint density at radius 2 is 2.10 bits per heavy atom. The third kappa shape index (κ3) is 0.623. The van der Waals surface area contributed by atoms with Crippen LogP contribution < -0.4 is 0 Å². The number of tetrazole rings is 2. The summed E-state index contributed by atoms with van der Waals surface area (Å²) in [5, 5.41) is 20.9. The van der Waals surface area contributed by atoms with Crippen molar-refractivity contribution in [2.75, 3.05) is 0 Å². The van der Waals surface area contributed by atoms with Crippen LogP contribution in [0.15, 0.2) is 12.7 Å². The highest BCUT2D eigenvalue weighted by Crippen LogP contribution is 1.72. The molecule has 50 valence electrons. The Morgan fingerprint density at radius 3 is 2.70 bits per heavy atom. The molecule has 0 radical (unpaired) electrons. The molecule has 8 heteroatoms. The molecule has 0 aliphatic rings. The minimum Gasteiger partial charge on any atom is -0.116 e. The van der Waals surface area contributed by atoms with Gasteiger partial charge in [-0.3, -0.25) is 0 Å². The molecule has 0 bridgehead atoms. The van der Waals surface area contributed by atoms with E-state index in [4.69, 9.17) is 0 Å². The first-order valence-electron chi connectivity index (χ1n) is 2.43. The van der Waals surface area contributed by atoms with Crippen LogP contribution in [0, 0.1) is 0 Å². The smallest absolute Gasteiger partial charge is 0.116 e. The molecule has 0 saturated carbocycles. The van der Waals surface area contributed by atoms with Crippen molar-refractivity contribution < 1.29 is 0 Å². The lowest BCUT2D eigenvalue weighted by Crippen LogP contribution is -2.13. The van der Waals surface area contributed by atoms with Gasteiger partial charge in [-0.2, -0.15) is 0 Å². The van der Waals surface area contributed by atoms with Crippen molar-refractivity contribution in [3.8, 4) is 0 Å². The molecule has 10 heavy (non-hydrogen) atoms. The summed E-state index contributed by atoms with van der Waals surface area (Å²) in [5.74, 6) is 0. The molecular weight excluding hydrogens is 136 g/mol. The Kier molecular flexibility index (Phi) is 0.907. The number of nitrogens with zero attached hydrogens (tertiary/aromatic N) is 8. The van der Waals surface area contributed by atoms with E-state index in [2.05, 4.69) is 30.9 Å². The fourth-order valence-electron chi connectivity index (χ4n) is 0.494. The fraction of sp³-hybridized carbons (Fsp3) is 0. The minimum absolute atomic E-state index is 1.15. The third-order valence-corrected chi connectivity index (χ3v) is 0.860. The van der Waals surface area contributed by atoms with Crippen LogP contribution in [-0.2, 0) is 0 Å². The largest absolute Gasteiger partial charge is 0.166 e. The highest BCUT2D eigenvalue weighted by Gasteiger charge is 1.94. The second kappa shape index (κ2) is 1.83. The van der Waals surface area contributed by atoms with Gasteiger partial charge < -0.3 is 0 Å². The summed E-state index contributed by atoms with van der Waals surface area (Å²) < 4.78 is 0. The van der Waals surface area contributed by atoms with E-state index in [1.54, 1.807) is 0 Å². The van der Waals surface area contributed by atoms with E-state index < -0.39 is 0 Å². The Balaban J connectivity index is 2.48. The zero-order valence-corrected chi connectivity index (χ0v) is 4.73. The molecule has 0 spiro atoms. The Bertz CT molecular complexity index is 247. The van der Waals surface area contributed by atoms with Gasteiger partial charge in [0.2, 0.25) is 0 Å². The van der Waals surface area contributed by atoms with Crippen LogP contribution in [0.2, 0.25) is 0 Å². The van der Waals surface area contributed by atoms with E-state index >= 15 is 0 Å². The molecule has 2 heterocycles.